The van der Waals surface area contributed by atoms with E-state index in [1.54, 1.807) is 6.07 Å². The van der Waals surface area contributed by atoms with Gasteiger partial charge in [-0.15, -0.1) is 0 Å². The molecule has 0 amide bonds. The number of halogens is 3. The molecule has 0 aromatic heterocycles. The number of hydrogen-bond donors (Lipinski definition) is 1. The normalized spacial score (nSPS) is 9.94. The molecule has 0 radical (unpaired) electrons. The second-order valence-electron chi connectivity index (χ2n) is 2.62. The van der Waals surface area contributed by atoms with Gasteiger partial charge in [0.05, 0.1) is 5.56 Å². The van der Waals surface area contributed by atoms with Crippen LogP contribution in [-0.2, 0) is 0 Å². The van der Waals surface area contributed by atoms with Crippen molar-refractivity contribution in [2.24, 2.45) is 0 Å². The maximum absolute atomic E-state index is 12.0. The Morgan fingerprint density at radius 3 is 2.62 bits per heavy atom. The molecule has 1 aromatic rings. The van der Waals surface area contributed by atoms with Crippen LogP contribution in [0.5, 0.6) is 5.75 Å². The first-order chi connectivity index (χ1) is 7.45. The smallest absolute Gasteiger partial charge is 0.387 e. The predicted molar refractivity (Wildman–Crippen MR) is 49.8 cm³/mol. The summed E-state index contributed by atoms with van der Waals surface area (Å²) in [5, 5.41) is 17.3. The Bertz CT molecular complexity index is 471. The number of carboxylic acid groups (broad SMARTS) is 1. The van der Waals surface area contributed by atoms with E-state index in [4.69, 9.17) is 22.0 Å². The fraction of sp³-hybridized carbons (Fsp3) is 0.111. The van der Waals surface area contributed by atoms with E-state index in [1.165, 1.54) is 0 Å². The van der Waals surface area contributed by atoms with Crippen LogP contribution >= 0.6 is 11.6 Å². The van der Waals surface area contributed by atoms with Crippen molar-refractivity contribution in [3.05, 3.63) is 28.3 Å². The van der Waals surface area contributed by atoms with Crippen molar-refractivity contribution in [1.82, 2.24) is 0 Å². The van der Waals surface area contributed by atoms with E-state index in [2.05, 4.69) is 4.74 Å². The second kappa shape index (κ2) is 4.77. The lowest BCUT2D eigenvalue weighted by atomic mass is 10.1. The zero-order chi connectivity index (χ0) is 12.3. The number of nitrogens with zero attached hydrogens (tertiary/aromatic N) is 1. The van der Waals surface area contributed by atoms with Crippen LogP contribution in [0.15, 0.2) is 12.1 Å². The fourth-order valence-corrected chi connectivity index (χ4v) is 1.29. The van der Waals surface area contributed by atoms with Gasteiger partial charge < -0.3 is 9.84 Å². The minimum Gasteiger partial charge on any atom is -0.478 e. The highest BCUT2D eigenvalue weighted by Gasteiger charge is 2.20. The molecule has 7 heteroatoms. The second-order valence-corrected chi connectivity index (χ2v) is 3.06. The Morgan fingerprint density at radius 2 is 2.19 bits per heavy atom. The highest BCUT2D eigenvalue weighted by atomic mass is 35.5. The summed E-state index contributed by atoms with van der Waals surface area (Å²) in [4.78, 5) is 10.8. The Hall–Kier alpha value is -1.87. The van der Waals surface area contributed by atoms with Gasteiger partial charge in [0.25, 0.3) is 0 Å². The van der Waals surface area contributed by atoms with Gasteiger partial charge in [0.15, 0.2) is 0 Å². The number of ether oxygens (including phenoxy) is 1. The van der Waals surface area contributed by atoms with Gasteiger partial charge >= 0.3 is 12.6 Å². The van der Waals surface area contributed by atoms with Gasteiger partial charge in [0.1, 0.15) is 17.4 Å². The molecule has 0 fully saturated rings. The third-order valence-corrected chi connectivity index (χ3v) is 1.84. The summed E-state index contributed by atoms with van der Waals surface area (Å²) < 4.78 is 28.0. The SMILES string of the molecule is N#Cc1cc(Cl)cc(OC(F)F)c1C(=O)O. The molecule has 4 nitrogen and oxygen atoms in total. The van der Waals surface area contributed by atoms with Crippen LogP contribution in [0.4, 0.5) is 8.78 Å². The van der Waals surface area contributed by atoms with E-state index in [0.29, 0.717) is 0 Å². The average Bonchev–Trinajstić information content (AvgIpc) is 2.14. The molecule has 0 saturated heterocycles. The van der Waals surface area contributed by atoms with Crippen molar-refractivity contribution in [2.45, 2.75) is 6.61 Å². The number of nitriles is 1. The van der Waals surface area contributed by atoms with E-state index in [0.717, 1.165) is 12.1 Å². The Balaban J connectivity index is 3.39. The molecule has 0 saturated carbocycles. The number of benzene rings is 1. The number of rotatable bonds is 3. The maximum atomic E-state index is 12.0. The lowest BCUT2D eigenvalue weighted by molar-refractivity contribution is -0.0503. The zero-order valence-electron chi connectivity index (χ0n) is 7.58. The average molecular weight is 248 g/mol. The van der Waals surface area contributed by atoms with Crippen molar-refractivity contribution in [2.75, 3.05) is 0 Å². The number of carboxylic acids is 1. The molecule has 16 heavy (non-hydrogen) atoms. The van der Waals surface area contributed by atoms with Crippen LogP contribution in [0.3, 0.4) is 0 Å². The minimum atomic E-state index is -3.19. The van der Waals surface area contributed by atoms with Gasteiger partial charge in [-0.25, -0.2) is 4.79 Å². The van der Waals surface area contributed by atoms with Crippen LogP contribution < -0.4 is 4.74 Å². The lowest BCUT2D eigenvalue weighted by Crippen LogP contribution is -2.09. The Kier molecular flexibility index (Phi) is 3.64. The summed E-state index contributed by atoms with van der Waals surface area (Å²) in [5.74, 6) is -2.17. The number of aromatic carboxylic acids is 1. The molecule has 1 rings (SSSR count). The summed E-state index contributed by atoms with van der Waals surface area (Å²) in [7, 11) is 0. The molecule has 84 valence electrons. The summed E-state index contributed by atoms with van der Waals surface area (Å²) in [6, 6.07) is 3.51. The van der Waals surface area contributed by atoms with Gasteiger partial charge in [0, 0.05) is 5.02 Å². The van der Waals surface area contributed by atoms with Gasteiger partial charge in [-0.2, -0.15) is 14.0 Å². The van der Waals surface area contributed by atoms with Crippen molar-refractivity contribution >= 4 is 17.6 Å². The van der Waals surface area contributed by atoms with Crippen molar-refractivity contribution in [1.29, 1.82) is 5.26 Å². The summed E-state index contributed by atoms with van der Waals surface area (Å²) in [6.45, 7) is -3.19. The fourth-order valence-electron chi connectivity index (χ4n) is 1.08. The number of carbonyl (C=O) groups is 1. The van der Waals surface area contributed by atoms with Gasteiger partial charge in [-0.1, -0.05) is 11.6 Å². The summed E-state index contributed by atoms with van der Waals surface area (Å²) in [6.07, 6.45) is 0. The Morgan fingerprint density at radius 1 is 1.56 bits per heavy atom. The monoisotopic (exact) mass is 247 g/mol. The standard InChI is InChI=1S/C9H4ClF2NO3/c10-5-1-4(3-13)7(8(14)15)6(2-5)16-9(11)12/h1-2,9H,(H,14,15). The van der Waals surface area contributed by atoms with E-state index in [-0.39, 0.29) is 10.6 Å². The molecule has 1 N–H and O–H groups in total. The van der Waals surface area contributed by atoms with Crippen LogP contribution in [0, 0.1) is 11.3 Å². The van der Waals surface area contributed by atoms with E-state index in [9.17, 15) is 13.6 Å². The van der Waals surface area contributed by atoms with Gasteiger partial charge in [-0.3, -0.25) is 0 Å². The molecular weight excluding hydrogens is 244 g/mol. The molecule has 0 spiro atoms. The van der Waals surface area contributed by atoms with Crippen molar-refractivity contribution < 1.29 is 23.4 Å². The molecule has 1 aromatic carbocycles. The highest BCUT2D eigenvalue weighted by molar-refractivity contribution is 6.31. The predicted octanol–water partition coefficient (Wildman–Crippen LogP) is 2.51. The first-order valence-electron chi connectivity index (χ1n) is 3.87. The largest absolute Gasteiger partial charge is 0.478 e. The third-order valence-electron chi connectivity index (χ3n) is 1.62. The number of hydrogen-bond acceptors (Lipinski definition) is 3. The highest BCUT2D eigenvalue weighted by Crippen LogP contribution is 2.28. The van der Waals surface area contributed by atoms with Crippen LogP contribution in [-0.4, -0.2) is 17.7 Å². The van der Waals surface area contributed by atoms with E-state index < -0.39 is 23.9 Å². The molecule has 0 atom stereocenters. The molecule has 0 aliphatic heterocycles. The molecule has 0 unspecified atom stereocenters. The van der Waals surface area contributed by atoms with Crippen LogP contribution in [0.25, 0.3) is 0 Å². The summed E-state index contributed by atoms with van der Waals surface area (Å²) in [5.41, 5.74) is -0.970. The first kappa shape index (κ1) is 12.2. The molecule has 0 bridgehead atoms. The lowest BCUT2D eigenvalue weighted by Gasteiger charge is -2.09. The quantitative estimate of drug-likeness (QED) is 0.891. The van der Waals surface area contributed by atoms with E-state index in [1.807, 2.05) is 0 Å². The van der Waals surface area contributed by atoms with Crippen LogP contribution in [0.1, 0.15) is 15.9 Å². The third kappa shape index (κ3) is 2.58. The Labute approximate surface area is 93.6 Å². The number of alkyl halides is 2. The topological polar surface area (TPSA) is 70.3 Å². The molecule has 0 aliphatic carbocycles. The molecule has 0 aliphatic rings. The van der Waals surface area contributed by atoms with Gasteiger partial charge in [-0.05, 0) is 12.1 Å². The van der Waals surface area contributed by atoms with Crippen LogP contribution in [0.2, 0.25) is 5.02 Å². The van der Waals surface area contributed by atoms with E-state index >= 15 is 0 Å². The maximum Gasteiger partial charge on any atom is 0.387 e. The van der Waals surface area contributed by atoms with Gasteiger partial charge in [0.2, 0.25) is 0 Å². The first-order valence-corrected chi connectivity index (χ1v) is 4.25. The molecular formula is C9H4ClF2NO3. The summed E-state index contributed by atoms with van der Waals surface area (Å²) >= 11 is 5.52. The molecule has 0 heterocycles. The minimum absolute atomic E-state index is 0.0581. The zero-order valence-corrected chi connectivity index (χ0v) is 8.33. The van der Waals surface area contributed by atoms with Crippen molar-refractivity contribution in [3.63, 3.8) is 0 Å². The van der Waals surface area contributed by atoms with Crippen molar-refractivity contribution in [3.8, 4) is 11.8 Å².